The number of carbonyl (C=O) groups excluding carboxylic acids is 1. The Hall–Kier alpha value is -1.55. The highest BCUT2D eigenvalue weighted by Gasteiger charge is 2.09. The summed E-state index contributed by atoms with van der Waals surface area (Å²) in [6, 6.07) is 9.63. The van der Waals surface area contributed by atoms with Crippen molar-refractivity contribution in [3.63, 3.8) is 0 Å². The number of hydroxylamine groups is 2. The van der Waals surface area contributed by atoms with Gasteiger partial charge in [-0.15, -0.1) is 0 Å². The third kappa shape index (κ3) is 3.99. The lowest BCUT2D eigenvalue weighted by Gasteiger charge is -2.15. The molecule has 0 N–H and O–H groups in total. The second-order valence-electron chi connectivity index (χ2n) is 2.96. The lowest BCUT2D eigenvalue weighted by Crippen LogP contribution is -2.27. The smallest absolute Gasteiger partial charge is 0.433 e. The number of hydrogen-bond donors (Lipinski definition) is 0. The van der Waals surface area contributed by atoms with Crippen LogP contribution in [0, 0.1) is 0 Å². The Kier molecular flexibility index (Phi) is 4.63. The molecule has 4 nitrogen and oxygen atoms in total. The molecule has 1 aromatic rings. The van der Waals surface area contributed by atoms with Crippen LogP contribution >= 0.6 is 0 Å². The van der Waals surface area contributed by atoms with E-state index in [2.05, 4.69) is 0 Å². The van der Waals surface area contributed by atoms with Crippen molar-refractivity contribution in [1.82, 2.24) is 5.06 Å². The van der Waals surface area contributed by atoms with Gasteiger partial charge in [0.2, 0.25) is 0 Å². The zero-order valence-corrected chi connectivity index (χ0v) is 8.97. The van der Waals surface area contributed by atoms with Crippen LogP contribution in [0.5, 0.6) is 0 Å². The van der Waals surface area contributed by atoms with Gasteiger partial charge in [-0.1, -0.05) is 30.3 Å². The molecule has 0 aliphatic carbocycles. The lowest BCUT2D eigenvalue weighted by molar-refractivity contribution is -0.128. The molecule has 0 radical (unpaired) electrons. The average molecular weight is 209 g/mol. The summed E-state index contributed by atoms with van der Waals surface area (Å²) >= 11 is 0. The van der Waals surface area contributed by atoms with Crippen molar-refractivity contribution in [2.24, 2.45) is 0 Å². The fourth-order valence-electron chi connectivity index (χ4n) is 1.01. The molecule has 0 atom stereocenters. The van der Waals surface area contributed by atoms with Gasteiger partial charge in [-0.25, -0.2) is 4.79 Å². The summed E-state index contributed by atoms with van der Waals surface area (Å²) in [6.07, 6.45) is -0.478. The normalized spacial score (nSPS) is 9.73. The Morgan fingerprint density at radius 1 is 1.33 bits per heavy atom. The molecule has 0 unspecified atom stereocenters. The number of amides is 1. The molecule has 0 saturated carbocycles. The molecule has 0 aliphatic rings. The minimum absolute atomic E-state index is 0.345. The molecular formula is C11H15NO3. The van der Waals surface area contributed by atoms with Crippen LogP contribution < -0.4 is 0 Å². The van der Waals surface area contributed by atoms with E-state index in [0.717, 1.165) is 10.6 Å². The molecule has 0 spiro atoms. The van der Waals surface area contributed by atoms with Crippen molar-refractivity contribution in [1.29, 1.82) is 0 Å². The topological polar surface area (TPSA) is 38.8 Å². The number of carbonyl (C=O) groups is 1. The van der Waals surface area contributed by atoms with Crippen LogP contribution in [0.3, 0.4) is 0 Å². The summed E-state index contributed by atoms with van der Waals surface area (Å²) in [6.45, 7) is 2.46. The first-order chi connectivity index (χ1) is 7.24. The highest BCUT2D eigenvalue weighted by molar-refractivity contribution is 5.65. The second kappa shape index (κ2) is 6.03. The summed E-state index contributed by atoms with van der Waals surface area (Å²) in [5.74, 6) is 0. The molecule has 4 heteroatoms. The van der Waals surface area contributed by atoms with E-state index >= 15 is 0 Å². The third-order valence-corrected chi connectivity index (χ3v) is 1.79. The number of nitrogens with zero attached hydrogens (tertiary/aromatic N) is 1. The monoisotopic (exact) mass is 209 g/mol. The Balaban J connectivity index is 2.34. The Morgan fingerprint density at radius 3 is 2.60 bits per heavy atom. The van der Waals surface area contributed by atoms with E-state index in [0.29, 0.717) is 13.2 Å². The maximum absolute atomic E-state index is 11.1. The van der Waals surface area contributed by atoms with Crippen molar-refractivity contribution >= 4 is 6.09 Å². The molecule has 0 fully saturated rings. The quantitative estimate of drug-likeness (QED) is 0.713. The molecule has 15 heavy (non-hydrogen) atoms. The van der Waals surface area contributed by atoms with Gasteiger partial charge >= 0.3 is 6.09 Å². The molecule has 0 aliphatic heterocycles. The molecule has 1 amide bonds. The Morgan fingerprint density at radius 2 is 2.00 bits per heavy atom. The fourth-order valence-corrected chi connectivity index (χ4v) is 1.01. The van der Waals surface area contributed by atoms with Gasteiger partial charge in [0.25, 0.3) is 0 Å². The van der Waals surface area contributed by atoms with Crippen LogP contribution in [0.2, 0.25) is 0 Å². The van der Waals surface area contributed by atoms with Crippen molar-refractivity contribution in [2.75, 3.05) is 13.7 Å². The fraction of sp³-hybridized carbons (Fsp3) is 0.364. The highest BCUT2D eigenvalue weighted by Crippen LogP contribution is 2.02. The first-order valence-electron chi connectivity index (χ1n) is 4.81. The minimum Gasteiger partial charge on any atom is -0.448 e. The van der Waals surface area contributed by atoms with Crippen LogP contribution in [-0.2, 0) is 16.2 Å². The average Bonchev–Trinajstić information content (AvgIpc) is 2.27. The Bertz CT molecular complexity index is 300. The summed E-state index contributed by atoms with van der Waals surface area (Å²) in [5.41, 5.74) is 1.01. The molecule has 0 bridgehead atoms. The predicted octanol–water partition coefficient (Wildman–Crippen LogP) is 2.21. The summed E-state index contributed by atoms with van der Waals surface area (Å²) in [4.78, 5) is 16.3. The molecule has 1 rings (SSSR count). The first-order valence-corrected chi connectivity index (χ1v) is 4.81. The standard InChI is InChI=1S/C11H15NO3/c1-3-14-11(13)12(2)15-9-10-7-5-4-6-8-10/h4-8H,3,9H2,1-2H3. The van der Waals surface area contributed by atoms with Crippen molar-refractivity contribution in [2.45, 2.75) is 13.5 Å². The number of benzene rings is 1. The van der Waals surface area contributed by atoms with Crippen molar-refractivity contribution < 1.29 is 14.4 Å². The van der Waals surface area contributed by atoms with Gasteiger partial charge in [0.15, 0.2) is 0 Å². The molecule has 0 saturated heterocycles. The van der Waals surface area contributed by atoms with Crippen LogP contribution in [0.25, 0.3) is 0 Å². The van der Waals surface area contributed by atoms with Gasteiger partial charge in [0.1, 0.15) is 6.61 Å². The number of ether oxygens (including phenoxy) is 1. The predicted molar refractivity (Wildman–Crippen MR) is 56.0 cm³/mol. The van der Waals surface area contributed by atoms with E-state index in [-0.39, 0.29) is 0 Å². The first kappa shape index (κ1) is 11.5. The third-order valence-electron chi connectivity index (χ3n) is 1.79. The summed E-state index contributed by atoms with van der Waals surface area (Å²) in [7, 11) is 1.53. The molecule has 1 aromatic carbocycles. The van der Waals surface area contributed by atoms with E-state index < -0.39 is 6.09 Å². The maximum Gasteiger partial charge on any atom is 0.433 e. The molecular weight excluding hydrogens is 194 g/mol. The Labute approximate surface area is 89.4 Å². The minimum atomic E-state index is -0.478. The SMILES string of the molecule is CCOC(=O)N(C)OCc1ccccc1. The maximum atomic E-state index is 11.1. The van der Waals surface area contributed by atoms with Gasteiger partial charge < -0.3 is 4.74 Å². The summed E-state index contributed by atoms with van der Waals surface area (Å²) in [5, 5.41) is 1.09. The van der Waals surface area contributed by atoms with E-state index in [1.807, 2.05) is 30.3 Å². The van der Waals surface area contributed by atoms with E-state index in [4.69, 9.17) is 9.57 Å². The van der Waals surface area contributed by atoms with Crippen LogP contribution in [-0.4, -0.2) is 24.8 Å². The molecule has 82 valence electrons. The second-order valence-corrected chi connectivity index (χ2v) is 2.96. The van der Waals surface area contributed by atoms with Gasteiger partial charge in [0, 0.05) is 7.05 Å². The van der Waals surface area contributed by atoms with Gasteiger partial charge in [-0.3, -0.25) is 4.84 Å². The van der Waals surface area contributed by atoms with Gasteiger partial charge in [-0.2, -0.15) is 5.06 Å². The van der Waals surface area contributed by atoms with Gasteiger partial charge in [0.05, 0.1) is 6.61 Å². The largest absolute Gasteiger partial charge is 0.448 e. The summed E-state index contributed by atoms with van der Waals surface area (Å²) < 4.78 is 4.75. The lowest BCUT2D eigenvalue weighted by atomic mass is 10.2. The zero-order chi connectivity index (χ0) is 11.1. The zero-order valence-electron chi connectivity index (χ0n) is 8.97. The van der Waals surface area contributed by atoms with Crippen LogP contribution in [0.15, 0.2) is 30.3 Å². The number of rotatable bonds is 4. The van der Waals surface area contributed by atoms with Crippen molar-refractivity contribution in [3.8, 4) is 0 Å². The van der Waals surface area contributed by atoms with Crippen LogP contribution in [0.1, 0.15) is 12.5 Å². The van der Waals surface area contributed by atoms with E-state index in [1.165, 1.54) is 7.05 Å². The molecule has 0 heterocycles. The van der Waals surface area contributed by atoms with Crippen LogP contribution in [0.4, 0.5) is 4.79 Å². The van der Waals surface area contributed by atoms with E-state index in [1.54, 1.807) is 6.92 Å². The van der Waals surface area contributed by atoms with Crippen molar-refractivity contribution in [3.05, 3.63) is 35.9 Å². The van der Waals surface area contributed by atoms with Gasteiger partial charge in [-0.05, 0) is 12.5 Å². The number of hydrogen-bond acceptors (Lipinski definition) is 3. The molecule has 0 aromatic heterocycles. The highest BCUT2D eigenvalue weighted by atomic mass is 16.7. The van der Waals surface area contributed by atoms with E-state index in [9.17, 15) is 4.79 Å².